The van der Waals surface area contributed by atoms with Crippen molar-refractivity contribution >= 4 is 11.9 Å². The van der Waals surface area contributed by atoms with E-state index < -0.39 is 17.7 Å². The zero-order chi connectivity index (χ0) is 18.4. The molecular formula is C18H22F2N4O2. The number of piperidine rings is 3. The number of benzene rings is 1. The summed E-state index contributed by atoms with van der Waals surface area (Å²) < 4.78 is 28.2. The van der Waals surface area contributed by atoms with Crippen molar-refractivity contribution in [1.29, 1.82) is 0 Å². The second-order valence-corrected chi connectivity index (χ2v) is 7.37. The van der Waals surface area contributed by atoms with Crippen molar-refractivity contribution in [2.24, 2.45) is 11.7 Å². The topological polar surface area (TPSA) is 78.7 Å². The Bertz CT molecular complexity index is 736. The average molecular weight is 364 g/mol. The van der Waals surface area contributed by atoms with Crippen LogP contribution in [0.2, 0.25) is 0 Å². The number of hydrogen-bond donors (Lipinski definition) is 2. The largest absolute Gasteiger partial charge is 0.352 e. The number of urea groups is 1. The molecule has 1 aromatic carbocycles. The van der Waals surface area contributed by atoms with Crippen molar-refractivity contribution in [3.8, 4) is 0 Å². The summed E-state index contributed by atoms with van der Waals surface area (Å²) in [5.41, 5.74) is 5.39. The molecule has 4 aliphatic heterocycles. The van der Waals surface area contributed by atoms with Gasteiger partial charge < -0.3 is 16.0 Å². The Morgan fingerprint density at radius 2 is 1.92 bits per heavy atom. The molecule has 2 bridgehead atoms. The van der Waals surface area contributed by atoms with Gasteiger partial charge in [-0.25, -0.2) is 13.6 Å². The van der Waals surface area contributed by atoms with Crippen molar-refractivity contribution in [1.82, 2.24) is 15.1 Å². The number of halogens is 2. The Morgan fingerprint density at radius 1 is 1.19 bits per heavy atom. The van der Waals surface area contributed by atoms with Crippen LogP contribution in [0.4, 0.5) is 13.6 Å². The van der Waals surface area contributed by atoms with Crippen molar-refractivity contribution in [2.45, 2.75) is 30.8 Å². The fraction of sp³-hybridized carbons (Fsp3) is 0.556. The third-order valence-electron chi connectivity index (χ3n) is 6.11. The van der Waals surface area contributed by atoms with Gasteiger partial charge in [0.15, 0.2) is 11.6 Å². The highest BCUT2D eigenvalue weighted by molar-refractivity contribution is 5.84. The van der Waals surface area contributed by atoms with E-state index in [4.69, 9.17) is 5.73 Å². The van der Waals surface area contributed by atoms with Gasteiger partial charge in [0.25, 0.3) is 0 Å². The smallest absolute Gasteiger partial charge is 0.312 e. The molecule has 140 valence electrons. The zero-order valence-electron chi connectivity index (χ0n) is 14.3. The number of hydrogen-bond acceptors (Lipinski definition) is 3. The predicted molar refractivity (Wildman–Crippen MR) is 90.3 cm³/mol. The minimum atomic E-state index is -0.866. The quantitative estimate of drug-likeness (QED) is 0.841. The third kappa shape index (κ3) is 2.72. The van der Waals surface area contributed by atoms with Crippen LogP contribution < -0.4 is 11.1 Å². The van der Waals surface area contributed by atoms with Gasteiger partial charge >= 0.3 is 6.03 Å². The normalized spacial score (nSPS) is 32.4. The molecule has 6 nitrogen and oxygen atoms in total. The molecule has 4 aliphatic rings. The molecule has 0 unspecified atom stereocenters. The minimum Gasteiger partial charge on any atom is -0.352 e. The molecule has 4 saturated heterocycles. The monoisotopic (exact) mass is 364 g/mol. The number of amides is 3. The van der Waals surface area contributed by atoms with Gasteiger partial charge in [0.2, 0.25) is 5.91 Å². The van der Waals surface area contributed by atoms with Crippen LogP contribution in [0, 0.1) is 17.6 Å². The standard InChI is InChI=1S/C18H22F2N4O2/c19-13-3-1-2-11(15(13)20)12-9-24(14(25)8-22-18(21)26)16-10-4-6-23(7-5-10)17(12)16/h1-3,10,12,16-17H,4-9H2,(H3,21,22,26)/t12-,16+,17+/m1/s1. The molecule has 0 aromatic heterocycles. The van der Waals surface area contributed by atoms with Crippen molar-refractivity contribution in [2.75, 3.05) is 26.2 Å². The van der Waals surface area contributed by atoms with E-state index in [1.54, 1.807) is 11.0 Å². The molecule has 0 aliphatic carbocycles. The van der Waals surface area contributed by atoms with Crippen molar-refractivity contribution < 1.29 is 18.4 Å². The molecule has 5 rings (SSSR count). The van der Waals surface area contributed by atoms with E-state index in [-0.39, 0.29) is 30.5 Å². The van der Waals surface area contributed by atoms with E-state index in [2.05, 4.69) is 10.2 Å². The number of nitrogens with zero attached hydrogens (tertiary/aromatic N) is 2. The lowest BCUT2D eigenvalue weighted by atomic mass is 9.75. The van der Waals surface area contributed by atoms with E-state index in [9.17, 15) is 18.4 Å². The van der Waals surface area contributed by atoms with Crippen LogP contribution in [-0.4, -0.2) is 60.0 Å². The molecule has 0 spiro atoms. The molecular weight excluding hydrogens is 342 g/mol. The number of primary amides is 1. The second kappa shape index (κ2) is 6.50. The van der Waals surface area contributed by atoms with E-state index >= 15 is 0 Å². The predicted octanol–water partition coefficient (Wildman–Crippen LogP) is 1.02. The Morgan fingerprint density at radius 3 is 2.62 bits per heavy atom. The first-order valence-corrected chi connectivity index (χ1v) is 8.98. The molecule has 3 N–H and O–H groups in total. The van der Waals surface area contributed by atoms with Crippen LogP contribution in [0.3, 0.4) is 0 Å². The molecule has 4 fully saturated rings. The molecule has 26 heavy (non-hydrogen) atoms. The fourth-order valence-corrected chi connectivity index (χ4v) is 5.05. The summed E-state index contributed by atoms with van der Waals surface area (Å²) in [6.45, 7) is 1.98. The molecule has 3 atom stereocenters. The molecule has 8 heteroatoms. The van der Waals surface area contributed by atoms with Gasteiger partial charge in [-0.1, -0.05) is 12.1 Å². The summed E-state index contributed by atoms with van der Waals surface area (Å²) in [4.78, 5) is 27.7. The molecule has 3 amide bonds. The number of fused-ring (bicyclic) bond motifs is 2. The van der Waals surface area contributed by atoms with Crippen LogP contribution in [0.15, 0.2) is 18.2 Å². The van der Waals surface area contributed by atoms with Gasteiger partial charge in [-0.2, -0.15) is 0 Å². The Labute approximate surface area is 150 Å². The molecule has 1 aromatic rings. The first-order chi connectivity index (χ1) is 12.5. The second-order valence-electron chi connectivity index (χ2n) is 7.37. The number of carbonyl (C=O) groups is 2. The zero-order valence-corrected chi connectivity index (χ0v) is 14.3. The molecule has 0 radical (unpaired) electrons. The summed E-state index contributed by atoms with van der Waals surface area (Å²) in [6.07, 6.45) is 1.99. The number of nitrogens with two attached hydrogens (primary N) is 1. The maximum atomic E-state index is 14.5. The first-order valence-electron chi connectivity index (χ1n) is 8.98. The highest BCUT2D eigenvalue weighted by Crippen LogP contribution is 2.47. The van der Waals surface area contributed by atoms with Gasteiger partial charge in [0, 0.05) is 18.5 Å². The van der Waals surface area contributed by atoms with Gasteiger partial charge in [-0.3, -0.25) is 9.69 Å². The SMILES string of the molecule is NC(=O)NCC(=O)N1C[C@H](c2cccc(F)c2F)[C@H]2[C@@H]1C1CCN2CC1. The van der Waals surface area contributed by atoms with Gasteiger partial charge in [0.05, 0.1) is 12.6 Å². The van der Waals surface area contributed by atoms with E-state index in [0.29, 0.717) is 18.0 Å². The lowest BCUT2D eigenvalue weighted by Crippen LogP contribution is -2.61. The van der Waals surface area contributed by atoms with E-state index in [1.165, 1.54) is 6.07 Å². The van der Waals surface area contributed by atoms with Crippen LogP contribution in [0.25, 0.3) is 0 Å². The highest BCUT2D eigenvalue weighted by atomic mass is 19.2. The number of likely N-dealkylation sites (tertiary alicyclic amines) is 1. The summed E-state index contributed by atoms with van der Waals surface area (Å²) in [5, 5.41) is 2.34. The highest BCUT2D eigenvalue weighted by Gasteiger charge is 2.55. The first kappa shape index (κ1) is 17.2. The van der Waals surface area contributed by atoms with Crippen LogP contribution in [-0.2, 0) is 4.79 Å². The maximum absolute atomic E-state index is 14.5. The summed E-state index contributed by atoms with van der Waals surface area (Å²) in [6, 6.07) is 3.43. The minimum absolute atomic E-state index is 0.0173. The number of nitrogens with one attached hydrogen (secondary N) is 1. The van der Waals surface area contributed by atoms with Gasteiger partial charge in [0.1, 0.15) is 0 Å². The summed E-state index contributed by atoms with van der Waals surface area (Å²) >= 11 is 0. The van der Waals surface area contributed by atoms with E-state index in [0.717, 1.165) is 32.0 Å². The van der Waals surface area contributed by atoms with Gasteiger partial charge in [-0.15, -0.1) is 0 Å². The Kier molecular flexibility index (Phi) is 4.30. The van der Waals surface area contributed by atoms with E-state index in [1.807, 2.05) is 0 Å². The number of carbonyl (C=O) groups excluding carboxylic acids is 2. The fourth-order valence-electron chi connectivity index (χ4n) is 5.05. The van der Waals surface area contributed by atoms with Crippen LogP contribution >= 0.6 is 0 Å². The van der Waals surface area contributed by atoms with Crippen LogP contribution in [0.5, 0.6) is 0 Å². The third-order valence-corrected chi connectivity index (χ3v) is 6.11. The van der Waals surface area contributed by atoms with Crippen molar-refractivity contribution in [3.05, 3.63) is 35.4 Å². The van der Waals surface area contributed by atoms with Gasteiger partial charge in [-0.05, 0) is 43.5 Å². The average Bonchev–Trinajstić information content (AvgIpc) is 3.05. The summed E-state index contributed by atoms with van der Waals surface area (Å²) in [5.74, 6) is -1.86. The lowest BCUT2D eigenvalue weighted by molar-refractivity contribution is -0.134. The molecule has 0 saturated carbocycles. The maximum Gasteiger partial charge on any atom is 0.312 e. The Balaban J connectivity index is 1.67. The van der Waals surface area contributed by atoms with Crippen molar-refractivity contribution in [3.63, 3.8) is 0 Å². The number of rotatable bonds is 3. The van der Waals surface area contributed by atoms with Crippen LogP contribution in [0.1, 0.15) is 24.3 Å². The Hall–Kier alpha value is -2.22. The molecule has 4 heterocycles. The summed E-state index contributed by atoms with van der Waals surface area (Å²) in [7, 11) is 0. The lowest BCUT2D eigenvalue weighted by Gasteiger charge is -2.51.